The zero-order chi connectivity index (χ0) is 55.2. The number of carboxylic acid groups (broad SMARTS) is 1. The molecule has 394 valence electrons. The summed E-state index contributed by atoms with van der Waals surface area (Å²) in [7, 11) is 0. The van der Waals surface area contributed by atoms with E-state index in [4.69, 9.17) is 9.84 Å². The van der Waals surface area contributed by atoms with Gasteiger partial charge in [-0.05, 0) is 142 Å². The quantitative estimate of drug-likeness (QED) is 0.174. The summed E-state index contributed by atoms with van der Waals surface area (Å²) in [5.41, 5.74) is 14.3. The second-order valence-electron chi connectivity index (χ2n) is 19.3. The van der Waals surface area contributed by atoms with Crippen molar-refractivity contribution in [3.8, 4) is 33.8 Å². The summed E-state index contributed by atoms with van der Waals surface area (Å²) in [5.74, 6) is 0.0494. The molecule has 1 aliphatic carbocycles. The van der Waals surface area contributed by atoms with Gasteiger partial charge in [0.15, 0.2) is 0 Å². The number of aromatic carboxylic acids is 1. The van der Waals surface area contributed by atoms with Crippen molar-refractivity contribution in [3.63, 3.8) is 0 Å². The number of aromatic nitrogens is 8. The number of benzene rings is 8. The highest BCUT2D eigenvalue weighted by Crippen LogP contribution is 2.29. The number of fused-ring (bicyclic) bond motifs is 5. The number of carbonyl (C=O) groups is 1. The van der Waals surface area contributed by atoms with Crippen molar-refractivity contribution in [2.75, 3.05) is 6.61 Å². The number of carboxylic acids is 1. The number of para-hydroxylation sites is 2. The molecule has 0 unspecified atom stereocenters. The van der Waals surface area contributed by atoms with Crippen LogP contribution in [0.15, 0.2) is 269 Å². The largest absolute Gasteiger partial charge is 0.487 e. The van der Waals surface area contributed by atoms with Gasteiger partial charge in [0.05, 0.1) is 41.5 Å². The van der Waals surface area contributed by atoms with Gasteiger partial charge in [-0.1, -0.05) is 140 Å². The van der Waals surface area contributed by atoms with Crippen molar-refractivity contribution >= 4 is 62.0 Å². The third-order valence-corrected chi connectivity index (χ3v) is 13.8. The number of allylic oxidation sites excluding steroid dienone is 1. The zero-order valence-corrected chi connectivity index (χ0v) is 44.5. The van der Waals surface area contributed by atoms with Crippen molar-refractivity contribution in [1.82, 2.24) is 38.6 Å². The number of hydrogen-bond acceptors (Lipinski definition) is 7. The Bertz CT molecular complexity index is 4190. The monoisotopic (exact) mass is 1060 g/mol. The van der Waals surface area contributed by atoms with E-state index in [-0.39, 0.29) is 0 Å². The van der Waals surface area contributed by atoms with Crippen LogP contribution < -0.4 is 4.74 Å². The van der Waals surface area contributed by atoms with E-state index in [1.54, 1.807) is 30.9 Å². The Kier molecular flexibility index (Phi) is 16.2. The molecule has 0 saturated carbocycles. The van der Waals surface area contributed by atoms with Crippen molar-refractivity contribution in [3.05, 3.63) is 297 Å². The van der Waals surface area contributed by atoms with Crippen molar-refractivity contribution in [2.45, 2.75) is 19.8 Å². The van der Waals surface area contributed by atoms with E-state index in [0.29, 0.717) is 12.2 Å². The standard InChI is InChI=1S/C17H12O2.C15H12N2.C13H12N2.C13H10N2.C12H10N2O/c18-17(19)15-9-7-13-6-8-14(10-16(13)11-15)12-4-2-1-3-5-12;1-11-6-7-16-15(8-11)13-9-12-4-2-3-5-14(12)17-10-13;2*1-2-4-12-9-13(6-5-11(12)3-1)15-8-7-14-10-15;1-2-4-12-10(3-1)7-11(8-15-12)14-6-5-13-9-14/h1-11H,(H,18,19);2-10H,1H3;1-4,7-10H,5-6H2;1-10H;1-7,9H,8H2. The normalized spacial score (nSPS) is 12.0. The summed E-state index contributed by atoms with van der Waals surface area (Å²) in [4.78, 5) is 32.0. The van der Waals surface area contributed by atoms with Crippen LogP contribution in [0.4, 0.5) is 0 Å². The molecule has 0 atom stereocenters. The van der Waals surface area contributed by atoms with Gasteiger partial charge in [-0.2, -0.15) is 0 Å². The molecule has 5 aromatic heterocycles. The predicted octanol–water partition coefficient (Wildman–Crippen LogP) is 15.9. The summed E-state index contributed by atoms with van der Waals surface area (Å²) in [6.45, 7) is 2.66. The molecule has 0 amide bonds. The van der Waals surface area contributed by atoms with Crippen LogP contribution in [0.25, 0.3) is 84.1 Å². The van der Waals surface area contributed by atoms with Gasteiger partial charge in [0, 0.05) is 77.5 Å². The molecular weight excluding hydrogens is 1000 g/mol. The molecule has 0 radical (unpaired) electrons. The minimum absolute atomic E-state index is 0.317. The third-order valence-electron chi connectivity index (χ3n) is 13.8. The molecule has 8 aromatic carbocycles. The Morgan fingerprint density at radius 3 is 1.88 bits per heavy atom. The first kappa shape index (κ1) is 52.3. The van der Waals surface area contributed by atoms with Gasteiger partial charge in [-0.3, -0.25) is 9.97 Å². The molecule has 11 nitrogen and oxygen atoms in total. The number of imidazole rings is 3. The number of hydrogen-bond donors (Lipinski definition) is 1. The molecule has 0 saturated heterocycles. The van der Waals surface area contributed by atoms with Gasteiger partial charge in [-0.15, -0.1) is 0 Å². The first-order valence-corrected chi connectivity index (χ1v) is 26.6. The average molecular weight is 1060 g/mol. The molecule has 0 spiro atoms. The first-order chi connectivity index (χ1) is 39.9. The topological polar surface area (TPSA) is 126 Å². The number of nitrogens with zero attached hydrogens (tertiary/aromatic N) is 8. The summed E-state index contributed by atoms with van der Waals surface area (Å²) >= 11 is 0. The highest BCUT2D eigenvalue weighted by Gasteiger charge is 2.13. The highest BCUT2D eigenvalue weighted by molar-refractivity contribution is 5.96. The lowest BCUT2D eigenvalue weighted by atomic mass is 9.95. The number of ether oxygens (including phenoxy) is 1. The van der Waals surface area contributed by atoms with Crippen molar-refractivity contribution in [2.24, 2.45) is 0 Å². The average Bonchev–Trinajstić information content (AvgIpc) is 4.43. The summed E-state index contributed by atoms with van der Waals surface area (Å²) in [6.07, 6.45) is 27.0. The van der Waals surface area contributed by atoms with Gasteiger partial charge in [0.25, 0.3) is 0 Å². The molecule has 11 heteroatoms. The smallest absolute Gasteiger partial charge is 0.335 e. The van der Waals surface area contributed by atoms with Gasteiger partial charge >= 0.3 is 5.97 Å². The van der Waals surface area contributed by atoms with Crippen LogP contribution in [-0.2, 0) is 6.42 Å². The fourth-order valence-electron chi connectivity index (χ4n) is 9.58. The Morgan fingerprint density at radius 2 is 1.11 bits per heavy atom. The van der Waals surface area contributed by atoms with E-state index in [9.17, 15) is 4.79 Å². The van der Waals surface area contributed by atoms with Crippen molar-refractivity contribution in [1.29, 1.82) is 0 Å². The molecular formula is C70H56N8O3. The van der Waals surface area contributed by atoms with Crippen LogP contribution in [0.3, 0.4) is 0 Å². The summed E-state index contributed by atoms with van der Waals surface area (Å²) in [5, 5.41) is 14.7. The molecule has 6 heterocycles. The van der Waals surface area contributed by atoms with Gasteiger partial charge in [-0.25, -0.2) is 19.7 Å². The maximum absolute atomic E-state index is 11.0. The summed E-state index contributed by atoms with van der Waals surface area (Å²) in [6, 6.07) is 67.0. The van der Waals surface area contributed by atoms with Crippen LogP contribution >= 0.6 is 0 Å². The third kappa shape index (κ3) is 13.2. The minimum atomic E-state index is -0.896. The van der Waals surface area contributed by atoms with Gasteiger partial charge in [0.2, 0.25) is 0 Å². The van der Waals surface area contributed by atoms with E-state index in [1.165, 1.54) is 33.2 Å². The minimum Gasteiger partial charge on any atom is -0.487 e. The van der Waals surface area contributed by atoms with E-state index in [1.807, 2.05) is 156 Å². The maximum atomic E-state index is 11.0. The lowest BCUT2D eigenvalue weighted by molar-refractivity contribution is 0.0697. The van der Waals surface area contributed by atoms with Crippen LogP contribution in [0.5, 0.6) is 5.75 Å². The second kappa shape index (κ2) is 25.1. The van der Waals surface area contributed by atoms with E-state index in [2.05, 4.69) is 140 Å². The second-order valence-corrected chi connectivity index (χ2v) is 19.3. The van der Waals surface area contributed by atoms with Crippen LogP contribution in [0, 0.1) is 6.92 Å². The molecule has 1 aliphatic heterocycles. The molecule has 0 bridgehead atoms. The van der Waals surface area contributed by atoms with Gasteiger partial charge in [0.1, 0.15) is 12.4 Å². The predicted molar refractivity (Wildman–Crippen MR) is 327 cm³/mol. The first-order valence-electron chi connectivity index (χ1n) is 26.6. The molecule has 13 aromatic rings. The summed E-state index contributed by atoms with van der Waals surface area (Å²) < 4.78 is 11.7. The Labute approximate surface area is 469 Å². The number of aryl methyl sites for hydroxylation is 2. The molecule has 0 fully saturated rings. The molecule has 1 N–H and O–H groups in total. The van der Waals surface area contributed by atoms with Crippen LogP contribution in [-0.4, -0.2) is 56.3 Å². The van der Waals surface area contributed by atoms with Crippen LogP contribution in [0.2, 0.25) is 0 Å². The molecule has 81 heavy (non-hydrogen) atoms. The van der Waals surface area contributed by atoms with Crippen molar-refractivity contribution < 1.29 is 14.6 Å². The lowest BCUT2D eigenvalue weighted by Crippen LogP contribution is -2.10. The fourth-order valence-corrected chi connectivity index (χ4v) is 9.58. The number of rotatable bonds is 6. The zero-order valence-electron chi connectivity index (χ0n) is 44.5. The van der Waals surface area contributed by atoms with E-state index in [0.717, 1.165) is 79.6 Å². The lowest BCUT2D eigenvalue weighted by Gasteiger charge is -2.17. The van der Waals surface area contributed by atoms with Crippen LogP contribution in [0.1, 0.15) is 39.0 Å². The highest BCUT2D eigenvalue weighted by atomic mass is 16.5. The van der Waals surface area contributed by atoms with E-state index < -0.39 is 5.97 Å². The van der Waals surface area contributed by atoms with Gasteiger partial charge < -0.3 is 23.5 Å². The fraction of sp³-hybridized carbons (Fsp3) is 0.0571. The SMILES string of the molecule is C1=C(n2ccnc2)CCc2ccccc21.C1=C(n2ccnc2)COc2ccccc21.Cc1ccnc(-c2cnc3ccccc3c2)c1.O=C(O)c1ccc2ccc(-c3ccccc3)cc2c1.c1ccc2cc(-n3ccnc3)ccc2c1. The maximum Gasteiger partial charge on any atom is 0.335 e. The molecule has 15 rings (SSSR count). The Morgan fingerprint density at radius 1 is 0.481 bits per heavy atom. The Balaban J connectivity index is 0.000000107. The molecule has 2 aliphatic rings. The number of pyridine rings is 2. The van der Waals surface area contributed by atoms with E-state index >= 15 is 0 Å². The Hall–Kier alpha value is -10.8.